The SMILES string of the molecule is COc1ccc(C(SOCc2ccccc2C(=O)OC[C@H]2O[C@@H](n3cc(C)c(=O)[nH]c3=O)C[C@@H]2O)(c2ccccc2)c2ccccc2)cc1. The van der Waals surface area contributed by atoms with Gasteiger partial charge in [0, 0.05) is 30.2 Å². The molecule has 49 heavy (non-hydrogen) atoms. The first kappa shape index (κ1) is 33.9. The second-order valence-corrected chi connectivity index (χ2v) is 12.7. The van der Waals surface area contributed by atoms with Crippen LogP contribution in [0.1, 0.15) is 50.8 Å². The molecule has 1 saturated heterocycles. The molecule has 1 aliphatic rings. The summed E-state index contributed by atoms with van der Waals surface area (Å²) in [7, 11) is 1.63. The van der Waals surface area contributed by atoms with Crippen molar-refractivity contribution in [3.05, 3.63) is 170 Å². The van der Waals surface area contributed by atoms with E-state index in [-0.39, 0.29) is 19.6 Å². The number of carbonyl (C=O) groups excluding carboxylic acids is 1. The lowest BCUT2D eigenvalue weighted by atomic mass is 9.84. The summed E-state index contributed by atoms with van der Waals surface area (Å²) in [6.07, 6.45) is -1.20. The molecule has 0 bridgehead atoms. The predicted molar refractivity (Wildman–Crippen MR) is 185 cm³/mol. The van der Waals surface area contributed by atoms with Gasteiger partial charge in [0.15, 0.2) is 0 Å². The number of rotatable bonds is 12. The molecule has 0 spiro atoms. The lowest BCUT2D eigenvalue weighted by Crippen LogP contribution is -2.33. The molecule has 0 saturated carbocycles. The van der Waals surface area contributed by atoms with Gasteiger partial charge < -0.3 is 23.5 Å². The highest BCUT2D eigenvalue weighted by molar-refractivity contribution is 7.96. The molecular formula is C38H36N2O8S. The maximum Gasteiger partial charge on any atom is 0.338 e. The number of H-pyrrole nitrogens is 1. The molecule has 2 N–H and O–H groups in total. The van der Waals surface area contributed by atoms with Crippen LogP contribution in [-0.2, 0) is 25.0 Å². The Hall–Kier alpha value is -4.94. The van der Waals surface area contributed by atoms with Gasteiger partial charge in [0.1, 0.15) is 29.4 Å². The van der Waals surface area contributed by atoms with Crippen LogP contribution in [0.2, 0.25) is 0 Å². The zero-order valence-corrected chi connectivity index (χ0v) is 27.8. The molecule has 0 amide bonds. The van der Waals surface area contributed by atoms with E-state index < -0.39 is 40.4 Å². The fourth-order valence-electron chi connectivity index (χ4n) is 5.91. The number of carbonyl (C=O) groups is 1. The minimum absolute atomic E-state index is 0.0899. The molecule has 6 rings (SSSR count). The third-order valence-corrected chi connectivity index (χ3v) is 9.72. The van der Waals surface area contributed by atoms with Crippen LogP contribution in [0.5, 0.6) is 5.75 Å². The number of ether oxygens (including phenoxy) is 3. The van der Waals surface area contributed by atoms with Gasteiger partial charge in [-0.25, -0.2) is 9.59 Å². The van der Waals surface area contributed by atoms with Gasteiger partial charge >= 0.3 is 11.7 Å². The number of aromatic amines is 1. The number of esters is 1. The van der Waals surface area contributed by atoms with Crippen LogP contribution >= 0.6 is 12.0 Å². The number of benzene rings is 4. The number of nitrogens with zero attached hydrogens (tertiary/aromatic N) is 1. The van der Waals surface area contributed by atoms with Crippen LogP contribution in [0.4, 0.5) is 0 Å². The Morgan fingerprint density at radius 1 is 0.918 bits per heavy atom. The van der Waals surface area contributed by atoms with Gasteiger partial charge in [-0.3, -0.25) is 14.3 Å². The fourth-order valence-corrected chi connectivity index (χ4v) is 6.97. The molecule has 1 aliphatic heterocycles. The molecule has 0 aliphatic carbocycles. The number of hydrogen-bond acceptors (Lipinski definition) is 9. The second kappa shape index (κ2) is 15.1. The van der Waals surface area contributed by atoms with E-state index in [2.05, 4.69) is 29.2 Å². The van der Waals surface area contributed by atoms with Crippen molar-refractivity contribution in [1.29, 1.82) is 0 Å². The maximum atomic E-state index is 13.4. The Kier molecular flexibility index (Phi) is 10.4. The second-order valence-electron chi connectivity index (χ2n) is 11.7. The van der Waals surface area contributed by atoms with Gasteiger partial charge in [-0.05, 0) is 47.4 Å². The van der Waals surface area contributed by atoms with Crippen molar-refractivity contribution in [2.45, 2.75) is 43.1 Å². The van der Waals surface area contributed by atoms with E-state index in [0.717, 1.165) is 22.4 Å². The lowest BCUT2D eigenvalue weighted by Gasteiger charge is -2.34. The minimum atomic E-state index is -0.992. The standard InChI is InChI=1S/C38H36N2O8S/c1-25-22-40(37(44)39-35(25)42)34-21-32(41)33(48-34)24-46-36(43)31-16-10-9-11-26(31)23-47-49-38(27-12-5-3-6-13-27,28-14-7-4-8-15-28)29-17-19-30(45-2)20-18-29/h3-20,22,32-34,41H,21,23-24H2,1-2H3,(H,39,42,44)/t32-,33+,34+/m0/s1. The van der Waals surface area contributed by atoms with Crippen LogP contribution in [0, 0.1) is 6.92 Å². The summed E-state index contributed by atoms with van der Waals surface area (Å²) < 4.78 is 23.8. The highest BCUT2D eigenvalue weighted by Crippen LogP contribution is 2.49. The van der Waals surface area contributed by atoms with Gasteiger partial charge in [-0.2, -0.15) is 0 Å². The van der Waals surface area contributed by atoms with E-state index in [9.17, 15) is 19.5 Å². The van der Waals surface area contributed by atoms with E-state index in [1.54, 1.807) is 32.2 Å². The Balaban J connectivity index is 1.19. The molecule has 1 aromatic heterocycles. The summed E-state index contributed by atoms with van der Waals surface area (Å²) in [5.74, 6) is 0.136. The minimum Gasteiger partial charge on any atom is -0.497 e. The van der Waals surface area contributed by atoms with Crippen LogP contribution in [0.25, 0.3) is 0 Å². The third kappa shape index (κ3) is 7.25. The average Bonchev–Trinajstić information content (AvgIpc) is 3.51. The van der Waals surface area contributed by atoms with Crippen molar-refractivity contribution in [3.8, 4) is 5.75 Å². The number of methoxy groups -OCH3 is 1. The first-order valence-corrected chi connectivity index (χ1v) is 16.5. The van der Waals surface area contributed by atoms with E-state index in [0.29, 0.717) is 16.7 Å². The number of nitrogens with one attached hydrogen (secondary N) is 1. The molecule has 2 heterocycles. The molecular weight excluding hydrogens is 644 g/mol. The van der Waals surface area contributed by atoms with E-state index in [1.807, 2.05) is 66.7 Å². The number of hydrogen-bond donors (Lipinski definition) is 2. The van der Waals surface area contributed by atoms with Gasteiger partial charge in [-0.1, -0.05) is 91.0 Å². The Labute approximate surface area is 287 Å². The quantitative estimate of drug-likeness (QED) is 0.0995. The Morgan fingerprint density at radius 3 is 2.18 bits per heavy atom. The average molecular weight is 681 g/mol. The van der Waals surface area contributed by atoms with Crippen molar-refractivity contribution in [2.75, 3.05) is 13.7 Å². The monoisotopic (exact) mass is 680 g/mol. The van der Waals surface area contributed by atoms with Crippen LogP contribution in [0.3, 0.4) is 0 Å². The van der Waals surface area contributed by atoms with E-state index >= 15 is 0 Å². The van der Waals surface area contributed by atoms with Crippen molar-refractivity contribution in [2.24, 2.45) is 0 Å². The number of aryl methyl sites for hydroxylation is 1. The molecule has 0 radical (unpaired) electrons. The fraction of sp³-hybridized carbons (Fsp3) is 0.237. The summed E-state index contributed by atoms with van der Waals surface area (Å²) in [6.45, 7) is 1.42. The summed E-state index contributed by atoms with van der Waals surface area (Å²) >= 11 is 1.30. The van der Waals surface area contributed by atoms with Crippen molar-refractivity contribution < 1.29 is 28.3 Å². The maximum absolute atomic E-state index is 13.4. The molecule has 1 fully saturated rings. The lowest BCUT2D eigenvalue weighted by molar-refractivity contribution is -0.0532. The summed E-state index contributed by atoms with van der Waals surface area (Å²) in [4.78, 5) is 39.7. The van der Waals surface area contributed by atoms with Crippen LogP contribution < -0.4 is 16.0 Å². The summed E-state index contributed by atoms with van der Waals surface area (Å²) in [6, 6.07) is 35.1. The smallest absolute Gasteiger partial charge is 0.338 e. The first-order chi connectivity index (χ1) is 23.8. The van der Waals surface area contributed by atoms with Gasteiger partial charge in [-0.15, -0.1) is 0 Å². The summed E-state index contributed by atoms with van der Waals surface area (Å²) in [5, 5.41) is 10.6. The number of aliphatic hydroxyl groups excluding tert-OH is 1. The number of aliphatic hydroxyl groups is 1. The molecule has 5 aromatic rings. The molecule has 11 heteroatoms. The molecule has 252 valence electrons. The van der Waals surface area contributed by atoms with Crippen molar-refractivity contribution in [1.82, 2.24) is 9.55 Å². The molecule has 4 aromatic carbocycles. The zero-order valence-electron chi connectivity index (χ0n) is 27.0. The first-order valence-electron chi connectivity index (χ1n) is 15.8. The summed E-state index contributed by atoms with van der Waals surface area (Å²) in [5.41, 5.74) is 3.13. The van der Waals surface area contributed by atoms with Gasteiger partial charge in [0.25, 0.3) is 5.56 Å². The Bertz CT molecular complexity index is 1960. The van der Waals surface area contributed by atoms with Crippen molar-refractivity contribution >= 4 is 18.0 Å². The number of aromatic nitrogens is 2. The predicted octanol–water partition coefficient (Wildman–Crippen LogP) is 5.52. The Morgan fingerprint density at radius 2 is 1.53 bits per heavy atom. The van der Waals surface area contributed by atoms with Crippen molar-refractivity contribution in [3.63, 3.8) is 0 Å². The van der Waals surface area contributed by atoms with E-state index in [4.69, 9.17) is 18.4 Å². The molecule has 0 unspecified atom stereocenters. The van der Waals surface area contributed by atoms with Crippen LogP contribution in [-0.4, -0.2) is 46.6 Å². The largest absolute Gasteiger partial charge is 0.497 e. The zero-order chi connectivity index (χ0) is 34.4. The van der Waals surface area contributed by atoms with E-state index in [1.165, 1.54) is 22.8 Å². The third-order valence-electron chi connectivity index (χ3n) is 8.53. The normalized spacial score (nSPS) is 17.5. The highest BCUT2D eigenvalue weighted by Gasteiger charge is 2.39. The topological polar surface area (TPSA) is 129 Å². The molecule has 10 nitrogen and oxygen atoms in total. The van der Waals surface area contributed by atoms with Gasteiger partial charge in [0.05, 0.1) is 25.4 Å². The highest BCUT2D eigenvalue weighted by atomic mass is 32.2. The van der Waals surface area contributed by atoms with Gasteiger partial charge in [0.2, 0.25) is 0 Å². The van der Waals surface area contributed by atoms with Crippen LogP contribution in [0.15, 0.2) is 125 Å². The molecule has 3 atom stereocenters.